The van der Waals surface area contributed by atoms with E-state index in [0.29, 0.717) is 55.5 Å². The molecular formula is C36H44ClF2N5O3. The Morgan fingerprint density at radius 2 is 1.47 bits per heavy atom. The van der Waals surface area contributed by atoms with E-state index in [-0.39, 0.29) is 47.9 Å². The Kier molecular flexibility index (Phi) is 11.3. The van der Waals surface area contributed by atoms with Crippen LogP contribution in [0, 0.1) is 11.6 Å². The van der Waals surface area contributed by atoms with Gasteiger partial charge in [-0.15, -0.1) is 12.4 Å². The Balaban J connectivity index is 0.00000500. The zero-order valence-corrected chi connectivity index (χ0v) is 28.7. The highest BCUT2D eigenvalue weighted by Gasteiger charge is 2.45. The number of urea groups is 1. The number of benzene rings is 3. The lowest BCUT2D eigenvalue weighted by Gasteiger charge is -2.39. The number of hydrogen-bond acceptors (Lipinski definition) is 5. The Morgan fingerprint density at radius 1 is 0.894 bits per heavy atom. The van der Waals surface area contributed by atoms with Crippen LogP contribution >= 0.6 is 12.4 Å². The van der Waals surface area contributed by atoms with Gasteiger partial charge in [-0.05, 0) is 65.4 Å². The van der Waals surface area contributed by atoms with Gasteiger partial charge in [0.15, 0.2) is 0 Å². The molecule has 5 rings (SSSR count). The van der Waals surface area contributed by atoms with Gasteiger partial charge in [0.1, 0.15) is 29.3 Å². The highest BCUT2D eigenvalue weighted by molar-refractivity contribution is 6.11. The normalized spacial score (nSPS) is 18.4. The number of ether oxygens (including phenoxy) is 1. The van der Waals surface area contributed by atoms with Gasteiger partial charge in [0.25, 0.3) is 0 Å². The van der Waals surface area contributed by atoms with Crippen LogP contribution in [-0.2, 0) is 10.2 Å². The molecule has 252 valence electrons. The standard InChI is InChI=1S/C36H43F2N5O3.ClH/c1-7-46-30-22-26(36(2,3)4)12-17-29(30)34-39-32(24-8-13-27(37)14-9-24)33(25-10-15-28(38)16-11-25)43(34)35(45)42-20-18-41(19-21-42)23-31(44)40(5)6;/h8-17,22,32-33H,7,18-21,23H2,1-6H3;1H/t32-,33+;/m0./s1. The zero-order valence-electron chi connectivity index (χ0n) is 27.9. The lowest BCUT2D eigenvalue weighted by atomic mass is 9.86. The number of nitrogens with zero attached hydrogens (tertiary/aromatic N) is 5. The minimum absolute atomic E-state index is 0. The maximum absolute atomic E-state index is 14.7. The molecule has 0 bridgehead atoms. The van der Waals surface area contributed by atoms with Crippen LogP contribution in [0.3, 0.4) is 0 Å². The van der Waals surface area contributed by atoms with E-state index in [1.54, 1.807) is 53.1 Å². The lowest BCUT2D eigenvalue weighted by molar-refractivity contribution is -0.130. The summed E-state index contributed by atoms with van der Waals surface area (Å²) in [5.74, 6) is 0.284. The molecule has 3 aromatic rings. The molecule has 2 heterocycles. The van der Waals surface area contributed by atoms with E-state index < -0.39 is 12.1 Å². The van der Waals surface area contributed by atoms with Crippen LogP contribution in [-0.4, -0.2) is 90.8 Å². The smallest absolute Gasteiger partial charge is 0.326 e. The van der Waals surface area contributed by atoms with Gasteiger partial charge in [-0.2, -0.15) is 0 Å². The molecule has 11 heteroatoms. The Hall–Kier alpha value is -4.02. The van der Waals surface area contributed by atoms with E-state index in [0.717, 1.165) is 11.1 Å². The highest BCUT2D eigenvalue weighted by atomic mass is 35.5. The molecule has 8 nitrogen and oxygen atoms in total. The Morgan fingerprint density at radius 3 is 2.00 bits per heavy atom. The fourth-order valence-electron chi connectivity index (χ4n) is 5.89. The second kappa shape index (κ2) is 14.8. The molecule has 0 saturated carbocycles. The number of carbonyl (C=O) groups is 2. The summed E-state index contributed by atoms with van der Waals surface area (Å²) in [6.07, 6.45) is 0. The molecule has 0 unspecified atom stereocenters. The molecule has 2 atom stereocenters. The molecule has 1 saturated heterocycles. The first-order valence-corrected chi connectivity index (χ1v) is 15.7. The van der Waals surface area contributed by atoms with Crippen LogP contribution < -0.4 is 4.74 Å². The van der Waals surface area contributed by atoms with Crippen LogP contribution in [0.5, 0.6) is 5.75 Å². The minimum atomic E-state index is -0.640. The minimum Gasteiger partial charge on any atom is -0.493 e. The number of likely N-dealkylation sites (N-methyl/N-ethyl adjacent to an activating group) is 1. The van der Waals surface area contributed by atoms with Crippen molar-refractivity contribution in [1.82, 2.24) is 19.6 Å². The Bertz CT molecular complexity index is 1580. The maximum Gasteiger partial charge on any atom is 0.326 e. The summed E-state index contributed by atoms with van der Waals surface area (Å²) in [5.41, 5.74) is 3.01. The summed E-state index contributed by atoms with van der Waals surface area (Å²) in [5, 5.41) is 0. The van der Waals surface area contributed by atoms with Gasteiger partial charge in [-0.1, -0.05) is 51.1 Å². The summed E-state index contributed by atoms with van der Waals surface area (Å²) < 4.78 is 34.4. The fourth-order valence-corrected chi connectivity index (χ4v) is 5.89. The second-order valence-electron chi connectivity index (χ2n) is 13.0. The third kappa shape index (κ3) is 7.93. The molecule has 2 aliphatic heterocycles. The molecule has 3 aromatic carbocycles. The van der Waals surface area contributed by atoms with E-state index in [4.69, 9.17) is 9.73 Å². The average molecular weight is 668 g/mol. The molecule has 0 aliphatic carbocycles. The maximum atomic E-state index is 14.7. The van der Waals surface area contributed by atoms with Crippen molar-refractivity contribution in [1.29, 1.82) is 0 Å². The van der Waals surface area contributed by atoms with Crippen LogP contribution in [0.4, 0.5) is 13.6 Å². The highest BCUT2D eigenvalue weighted by Crippen LogP contribution is 2.45. The summed E-state index contributed by atoms with van der Waals surface area (Å²) in [4.78, 5) is 39.3. The lowest BCUT2D eigenvalue weighted by Crippen LogP contribution is -2.55. The van der Waals surface area contributed by atoms with Gasteiger partial charge < -0.3 is 14.5 Å². The molecule has 47 heavy (non-hydrogen) atoms. The quantitative estimate of drug-likeness (QED) is 0.290. The van der Waals surface area contributed by atoms with Crippen molar-refractivity contribution in [2.75, 3.05) is 53.4 Å². The van der Waals surface area contributed by atoms with E-state index in [9.17, 15) is 18.4 Å². The number of rotatable bonds is 7. The van der Waals surface area contributed by atoms with Crippen molar-refractivity contribution in [2.45, 2.75) is 45.2 Å². The van der Waals surface area contributed by atoms with Crippen LogP contribution in [0.25, 0.3) is 0 Å². The number of carbonyl (C=O) groups excluding carboxylic acids is 2. The van der Waals surface area contributed by atoms with Gasteiger partial charge in [0, 0.05) is 40.3 Å². The number of amides is 3. The molecule has 3 amide bonds. The van der Waals surface area contributed by atoms with Gasteiger partial charge in [0.05, 0.1) is 24.8 Å². The van der Waals surface area contributed by atoms with Gasteiger partial charge >= 0.3 is 6.03 Å². The number of piperazine rings is 1. The van der Waals surface area contributed by atoms with E-state index in [1.807, 2.05) is 30.0 Å². The topological polar surface area (TPSA) is 68.7 Å². The van der Waals surface area contributed by atoms with Crippen molar-refractivity contribution < 1.29 is 23.1 Å². The number of aliphatic imine (C=N–C) groups is 1. The predicted molar refractivity (Wildman–Crippen MR) is 182 cm³/mol. The largest absolute Gasteiger partial charge is 0.493 e. The van der Waals surface area contributed by atoms with Crippen molar-refractivity contribution in [2.24, 2.45) is 4.99 Å². The Labute approximate surface area is 282 Å². The molecule has 1 fully saturated rings. The van der Waals surface area contributed by atoms with Crippen LogP contribution in [0.2, 0.25) is 0 Å². The molecular weight excluding hydrogens is 624 g/mol. The fraction of sp³-hybridized carbons (Fsp3) is 0.417. The molecule has 0 aromatic heterocycles. The van der Waals surface area contributed by atoms with Crippen LogP contribution in [0.1, 0.15) is 62.0 Å². The second-order valence-corrected chi connectivity index (χ2v) is 13.0. The summed E-state index contributed by atoms with van der Waals surface area (Å²) >= 11 is 0. The van der Waals surface area contributed by atoms with Crippen molar-refractivity contribution >= 4 is 30.2 Å². The zero-order chi connectivity index (χ0) is 33.2. The molecule has 0 radical (unpaired) electrons. The number of hydrogen-bond donors (Lipinski definition) is 0. The first kappa shape index (κ1) is 35.8. The van der Waals surface area contributed by atoms with Gasteiger partial charge in [0.2, 0.25) is 5.91 Å². The van der Waals surface area contributed by atoms with Gasteiger partial charge in [-0.3, -0.25) is 19.6 Å². The van der Waals surface area contributed by atoms with Gasteiger partial charge in [-0.25, -0.2) is 13.6 Å². The number of halogens is 3. The SMILES string of the molecule is CCOc1cc(C(C)(C)C)ccc1C1=N[C@@H](c2ccc(F)cc2)[C@@H](c2ccc(F)cc2)N1C(=O)N1CCN(CC(=O)N(C)C)CC1.Cl. The monoisotopic (exact) mass is 667 g/mol. The summed E-state index contributed by atoms with van der Waals surface area (Å²) in [6.45, 7) is 10.9. The van der Waals surface area contributed by atoms with Crippen LogP contribution in [0.15, 0.2) is 71.7 Å². The van der Waals surface area contributed by atoms with Crippen molar-refractivity contribution in [3.63, 3.8) is 0 Å². The van der Waals surface area contributed by atoms with Crippen molar-refractivity contribution in [3.05, 3.63) is 101 Å². The average Bonchev–Trinajstić information content (AvgIpc) is 3.41. The molecule has 0 N–H and O–H groups in total. The summed E-state index contributed by atoms with van der Waals surface area (Å²) in [7, 11) is 3.46. The molecule has 2 aliphatic rings. The van der Waals surface area contributed by atoms with E-state index >= 15 is 0 Å². The molecule has 0 spiro atoms. The summed E-state index contributed by atoms with van der Waals surface area (Å²) in [6, 6.07) is 16.7. The van der Waals surface area contributed by atoms with E-state index in [2.05, 4.69) is 20.8 Å². The first-order valence-electron chi connectivity index (χ1n) is 15.7. The predicted octanol–water partition coefficient (Wildman–Crippen LogP) is 6.45. The van der Waals surface area contributed by atoms with Crippen molar-refractivity contribution in [3.8, 4) is 5.75 Å². The first-order chi connectivity index (χ1) is 21.9. The van der Waals surface area contributed by atoms with E-state index in [1.165, 1.54) is 24.3 Å². The number of amidine groups is 1. The third-order valence-electron chi connectivity index (χ3n) is 8.58. The third-order valence-corrected chi connectivity index (χ3v) is 8.58.